The quantitative estimate of drug-likeness (QED) is 0.844. The van der Waals surface area contributed by atoms with Crippen LogP contribution in [0, 0.1) is 0 Å². The van der Waals surface area contributed by atoms with Crippen LogP contribution in [0.2, 0.25) is 5.02 Å². The van der Waals surface area contributed by atoms with Gasteiger partial charge in [-0.1, -0.05) is 11.6 Å². The molecule has 0 atom stereocenters. The van der Waals surface area contributed by atoms with Crippen molar-refractivity contribution in [2.75, 3.05) is 11.3 Å². The van der Waals surface area contributed by atoms with Crippen LogP contribution in [-0.2, 0) is 10.0 Å². The van der Waals surface area contributed by atoms with Crippen molar-refractivity contribution in [3.63, 3.8) is 0 Å². The average molecular weight is 392 g/mol. The Labute approximate surface area is 136 Å². The molecule has 1 heterocycles. The molecule has 112 valence electrons. The molecule has 0 saturated carbocycles. The maximum atomic E-state index is 12.4. The van der Waals surface area contributed by atoms with E-state index < -0.39 is 10.0 Å². The van der Waals surface area contributed by atoms with Gasteiger partial charge in [0.1, 0.15) is 10.6 Å². The van der Waals surface area contributed by atoms with E-state index in [1.54, 1.807) is 12.1 Å². The minimum Gasteiger partial charge on any atom is -0.492 e. The Morgan fingerprint density at radius 2 is 2.10 bits per heavy atom. The van der Waals surface area contributed by atoms with E-state index >= 15 is 0 Å². The predicted molar refractivity (Wildman–Crippen MR) is 85.4 cm³/mol. The number of halogens is 2. The van der Waals surface area contributed by atoms with Gasteiger partial charge in [-0.15, -0.1) is 0 Å². The fourth-order valence-corrected chi connectivity index (χ4v) is 3.34. The first-order valence-electron chi connectivity index (χ1n) is 5.98. The van der Waals surface area contributed by atoms with E-state index in [4.69, 9.17) is 16.3 Å². The Morgan fingerprint density at radius 1 is 1.33 bits per heavy atom. The van der Waals surface area contributed by atoms with Gasteiger partial charge < -0.3 is 4.74 Å². The van der Waals surface area contributed by atoms with Gasteiger partial charge in [-0.05, 0) is 47.1 Å². The van der Waals surface area contributed by atoms with Gasteiger partial charge in [-0.3, -0.25) is 9.71 Å². The number of sulfonamides is 1. The Bertz CT molecular complexity index is 753. The first kappa shape index (κ1) is 16.1. The fraction of sp³-hybridized carbons (Fsp3) is 0.154. The Balaban J connectivity index is 2.38. The van der Waals surface area contributed by atoms with Crippen molar-refractivity contribution in [2.24, 2.45) is 0 Å². The Kier molecular flexibility index (Phi) is 5.08. The summed E-state index contributed by atoms with van der Waals surface area (Å²) in [6, 6.07) is 6.20. The van der Waals surface area contributed by atoms with Crippen LogP contribution in [0.3, 0.4) is 0 Å². The Morgan fingerprint density at radius 3 is 2.76 bits per heavy atom. The van der Waals surface area contributed by atoms with Crippen LogP contribution in [0.25, 0.3) is 0 Å². The van der Waals surface area contributed by atoms with Gasteiger partial charge in [0.15, 0.2) is 0 Å². The van der Waals surface area contributed by atoms with Crippen molar-refractivity contribution < 1.29 is 13.2 Å². The molecule has 0 bridgehead atoms. The molecule has 0 fully saturated rings. The maximum Gasteiger partial charge on any atom is 0.263 e. The lowest BCUT2D eigenvalue weighted by molar-refractivity contribution is 0.342. The summed E-state index contributed by atoms with van der Waals surface area (Å²) in [5.41, 5.74) is 0.282. The highest BCUT2D eigenvalue weighted by atomic mass is 79.9. The van der Waals surface area contributed by atoms with Gasteiger partial charge in [0.05, 0.1) is 12.3 Å². The lowest BCUT2D eigenvalue weighted by Gasteiger charge is -2.13. The fourth-order valence-electron chi connectivity index (χ4n) is 1.61. The van der Waals surface area contributed by atoms with Gasteiger partial charge in [0.25, 0.3) is 10.0 Å². The van der Waals surface area contributed by atoms with E-state index in [1.807, 2.05) is 6.92 Å². The average Bonchev–Trinajstić information content (AvgIpc) is 2.42. The summed E-state index contributed by atoms with van der Waals surface area (Å²) in [5.74, 6) is 0.411. The standard InChI is InChI=1S/C13H12BrClN2O3S/c1-2-20-13-4-3-10(15)6-12(13)17-21(18,19)11-5-9(14)7-16-8-11/h3-8,17H,2H2,1H3. The second kappa shape index (κ2) is 6.64. The van der Waals surface area contributed by atoms with Gasteiger partial charge in [-0.2, -0.15) is 0 Å². The van der Waals surface area contributed by atoms with Crippen molar-refractivity contribution >= 4 is 43.2 Å². The summed E-state index contributed by atoms with van der Waals surface area (Å²) in [6.45, 7) is 2.22. The summed E-state index contributed by atoms with van der Waals surface area (Å²) in [7, 11) is -3.77. The predicted octanol–water partition coefficient (Wildman–Crippen LogP) is 3.70. The zero-order chi connectivity index (χ0) is 15.5. The lowest BCUT2D eigenvalue weighted by atomic mass is 10.3. The zero-order valence-corrected chi connectivity index (χ0v) is 14.2. The van der Waals surface area contributed by atoms with Gasteiger partial charge in [0, 0.05) is 21.9 Å². The molecule has 1 aromatic carbocycles. The van der Waals surface area contributed by atoms with E-state index in [2.05, 4.69) is 25.6 Å². The zero-order valence-electron chi connectivity index (χ0n) is 11.0. The third-order valence-corrected chi connectivity index (χ3v) is 4.48. The highest BCUT2D eigenvalue weighted by Gasteiger charge is 2.17. The summed E-state index contributed by atoms with van der Waals surface area (Å²) in [5, 5.41) is 0.406. The summed E-state index contributed by atoms with van der Waals surface area (Å²) < 4.78 is 33.1. The van der Waals surface area contributed by atoms with Crippen LogP contribution >= 0.6 is 27.5 Å². The second-order valence-corrected chi connectivity index (χ2v) is 7.05. The molecule has 0 spiro atoms. The van der Waals surface area contributed by atoms with Gasteiger partial charge in [0.2, 0.25) is 0 Å². The van der Waals surface area contributed by atoms with Crippen LogP contribution < -0.4 is 9.46 Å². The molecule has 0 aliphatic carbocycles. The molecule has 0 radical (unpaired) electrons. The van der Waals surface area contributed by atoms with E-state index in [0.29, 0.717) is 21.9 Å². The highest BCUT2D eigenvalue weighted by Crippen LogP contribution is 2.30. The molecular formula is C13H12BrClN2O3S. The molecule has 8 heteroatoms. The Hall–Kier alpha value is -1.31. The van der Waals surface area contributed by atoms with Crippen LogP contribution in [0.15, 0.2) is 46.0 Å². The number of benzene rings is 1. The van der Waals surface area contributed by atoms with Crippen molar-refractivity contribution in [2.45, 2.75) is 11.8 Å². The van der Waals surface area contributed by atoms with Crippen LogP contribution in [0.4, 0.5) is 5.69 Å². The number of anilines is 1. The van der Waals surface area contributed by atoms with Crippen molar-refractivity contribution in [3.8, 4) is 5.75 Å². The number of pyridine rings is 1. The molecule has 21 heavy (non-hydrogen) atoms. The first-order valence-corrected chi connectivity index (χ1v) is 8.63. The smallest absolute Gasteiger partial charge is 0.263 e. The third kappa shape index (κ3) is 4.09. The lowest BCUT2D eigenvalue weighted by Crippen LogP contribution is -2.14. The minimum atomic E-state index is -3.77. The molecule has 0 aliphatic heterocycles. The number of nitrogens with zero attached hydrogens (tertiary/aromatic N) is 1. The summed E-state index contributed by atoms with van der Waals surface area (Å²) >= 11 is 9.10. The van der Waals surface area contributed by atoms with Crippen LogP contribution in [0.1, 0.15) is 6.92 Å². The third-order valence-electron chi connectivity index (χ3n) is 2.48. The number of rotatable bonds is 5. The van der Waals surface area contributed by atoms with Crippen LogP contribution in [0.5, 0.6) is 5.75 Å². The normalized spacial score (nSPS) is 11.2. The molecular weight excluding hydrogens is 380 g/mol. The summed E-state index contributed by atoms with van der Waals surface area (Å²) in [6.07, 6.45) is 2.77. The highest BCUT2D eigenvalue weighted by molar-refractivity contribution is 9.10. The first-order chi connectivity index (χ1) is 9.92. The van der Waals surface area contributed by atoms with Crippen molar-refractivity contribution in [3.05, 3.63) is 46.2 Å². The molecule has 2 aromatic rings. The van der Waals surface area contributed by atoms with E-state index in [0.717, 1.165) is 0 Å². The molecule has 0 saturated heterocycles. The molecule has 5 nitrogen and oxygen atoms in total. The number of ether oxygens (including phenoxy) is 1. The van der Waals surface area contributed by atoms with Crippen molar-refractivity contribution in [1.82, 2.24) is 4.98 Å². The largest absolute Gasteiger partial charge is 0.492 e. The minimum absolute atomic E-state index is 0.0410. The molecule has 0 aliphatic rings. The molecule has 1 aromatic heterocycles. The summed E-state index contributed by atoms with van der Waals surface area (Å²) in [4.78, 5) is 3.89. The molecule has 0 amide bonds. The second-order valence-electron chi connectivity index (χ2n) is 4.02. The van der Waals surface area contributed by atoms with Gasteiger partial charge >= 0.3 is 0 Å². The maximum absolute atomic E-state index is 12.4. The molecule has 1 N–H and O–H groups in total. The van der Waals surface area contributed by atoms with Gasteiger partial charge in [-0.25, -0.2) is 8.42 Å². The number of hydrogen-bond acceptors (Lipinski definition) is 4. The molecule has 2 rings (SSSR count). The number of nitrogens with one attached hydrogen (secondary N) is 1. The number of hydrogen-bond donors (Lipinski definition) is 1. The number of aromatic nitrogens is 1. The van der Waals surface area contributed by atoms with Crippen molar-refractivity contribution in [1.29, 1.82) is 0 Å². The molecule has 0 unspecified atom stereocenters. The van der Waals surface area contributed by atoms with Crippen LogP contribution in [-0.4, -0.2) is 20.0 Å². The van der Waals surface area contributed by atoms with E-state index in [-0.39, 0.29) is 10.6 Å². The topological polar surface area (TPSA) is 68.3 Å². The monoisotopic (exact) mass is 390 g/mol. The van der Waals surface area contributed by atoms with E-state index in [9.17, 15) is 8.42 Å². The SMILES string of the molecule is CCOc1ccc(Cl)cc1NS(=O)(=O)c1cncc(Br)c1. The van der Waals surface area contributed by atoms with E-state index in [1.165, 1.54) is 24.5 Å².